The SMILES string of the molecule is C=CC(C)(C)c1ccc(OCCCC)c(/C=C/C(=O)c2ccc(N)cc2)c1OCCCC. The molecule has 0 aliphatic rings. The summed E-state index contributed by atoms with van der Waals surface area (Å²) in [6.45, 7) is 13.7. The Kier molecular flexibility index (Phi) is 9.58. The summed E-state index contributed by atoms with van der Waals surface area (Å²) >= 11 is 0. The summed E-state index contributed by atoms with van der Waals surface area (Å²) < 4.78 is 12.4. The summed E-state index contributed by atoms with van der Waals surface area (Å²) in [6.07, 6.45) is 9.28. The van der Waals surface area contributed by atoms with Gasteiger partial charge in [0.2, 0.25) is 0 Å². The molecule has 0 heterocycles. The minimum absolute atomic E-state index is 0.0996. The second-order valence-corrected chi connectivity index (χ2v) is 8.50. The molecule has 0 aromatic heterocycles. The van der Waals surface area contributed by atoms with E-state index in [0.717, 1.165) is 48.3 Å². The van der Waals surface area contributed by atoms with Gasteiger partial charge in [0, 0.05) is 22.2 Å². The highest BCUT2D eigenvalue weighted by atomic mass is 16.5. The molecule has 0 amide bonds. The van der Waals surface area contributed by atoms with Crippen LogP contribution in [-0.4, -0.2) is 19.0 Å². The topological polar surface area (TPSA) is 61.5 Å². The van der Waals surface area contributed by atoms with E-state index in [9.17, 15) is 4.79 Å². The standard InChI is InChI=1S/C28H37NO3/c1-6-9-19-31-26-18-16-24(28(4,5)8-3)27(32-20-10-7-2)23(26)15-17-25(30)21-11-13-22(29)14-12-21/h8,11-18H,3,6-7,9-10,19-20,29H2,1-2,4-5H3/b17-15+. The van der Waals surface area contributed by atoms with Gasteiger partial charge in [-0.1, -0.05) is 52.7 Å². The lowest BCUT2D eigenvalue weighted by Gasteiger charge is -2.26. The number of ketones is 1. The number of unbranched alkanes of at least 4 members (excludes halogenated alkanes) is 2. The van der Waals surface area contributed by atoms with E-state index in [-0.39, 0.29) is 11.2 Å². The van der Waals surface area contributed by atoms with Crippen LogP contribution < -0.4 is 15.2 Å². The van der Waals surface area contributed by atoms with Crippen molar-refractivity contribution in [3.63, 3.8) is 0 Å². The van der Waals surface area contributed by atoms with E-state index < -0.39 is 0 Å². The maximum atomic E-state index is 12.8. The number of rotatable bonds is 13. The van der Waals surface area contributed by atoms with Crippen molar-refractivity contribution in [3.05, 3.63) is 71.8 Å². The molecule has 0 saturated carbocycles. The van der Waals surface area contributed by atoms with Crippen LogP contribution in [0.15, 0.2) is 55.1 Å². The van der Waals surface area contributed by atoms with Gasteiger partial charge >= 0.3 is 0 Å². The van der Waals surface area contributed by atoms with E-state index in [1.165, 1.54) is 0 Å². The maximum Gasteiger partial charge on any atom is 0.185 e. The molecule has 0 bridgehead atoms. The average molecular weight is 436 g/mol. The van der Waals surface area contributed by atoms with E-state index in [2.05, 4.69) is 34.3 Å². The van der Waals surface area contributed by atoms with Gasteiger partial charge in [0.05, 0.1) is 18.8 Å². The first-order chi connectivity index (χ1) is 15.3. The van der Waals surface area contributed by atoms with Crippen molar-refractivity contribution >= 4 is 17.5 Å². The summed E-state index contributed by atoms with van der Waals surface area (Å²) in [5, 5.41) is 0. The Balaban J connectivity index is 2.53. The molecule has 0 aliphatic heterocycles. The second kappa shape index (κ2) is 12.1. The summed E-state index contributed by atoms with van der Waals surface area (Å²) in [5.74, 6) is 1.37. The van der Waals surface area contributed by atoms with Crippen LogP contribution in [0.4, 0.5) is 5.69 Å². The summed E-state index contributed by atoms with van der Waals surface area (Å²) in [5.41, 5.74) is 8.47. The van der Waals surface area contributed by atoms with Gasteiger partial charge in [-0.05, 0) is 55.3 Å². The summed E-state index contributed by atoms with van der Waals surface area (Å²) in [7, 11) is 0. The summed E-state index contributed by atoms with van der Waals surface area (Å²) in [4.78, 5) is 12.8. The molecule has 0 saturated heterocycles. The molecule has 2 N–H and O–H groups in total. The highest BCUT2D eigenvalue weighted by Crippen LogP contribution is 2.40. The Morgan fingerprint density at radius 1 is 1.00 bits per heavy atom. The largest absolute Gasteiger partial charge is 0.493 e. The van der Waals surface area contributed by atoms with Crippen LogP contribution in [0.5, 0.6) is 11.5 Å². The highest BCUT2D eigenvalue weighted by molar-refractivity contribution is 6.07. The Bertz CT molecular complexity index is 926. The van der Waals surface area contributed by atoms with Crippen LogP contribution in [-0.2, 0) is 5.41 Å². The van der Waals surface area contributed by atoms with Gasteiger partial charge in [0.15, 0.2) is 5.78 Å². The molecule has 0 spiro atoms. The first-order valence-electron chi connectivity index (χ1n) is 11.5. The average Bonchev–Trinajstić information content (AvgIpc) is 2.78. The monoisotopic (exact) mass is 435 g/mol. The van der Waals surface area contributed by atoms with Crippen LogP contribution in [0.2, 0.25) is 0 Å². The normalized spacial score (nSPS) is 11.5. The lowest BCUT2D eigenvalue weighted by molar-refractivity contribution is 0.104. The molecule has 4 heteroatoms. The first-order valence-corrected chi connectivity index (χ1v) is 11.5. The fraction of sp³-hybridized carbons (Fsp3) is 0.393. The number of nitrogens with two attached hydrogens (primary N) is 1. The predicted molar refractivity (Wildman–Crippen MR) is 135 cm³/mol. The van der Waals surface area contributed by atoms with Crippen LogP contribution in [0.1, 0.15) is 74.9 Å². The quantitative estimate of drug-likeness (QED) is 0.121. The van der Waals surface area contributed by atoms with Crippen LogP contribution in [0.3, 0.4) is 0 Å². The minimum atomic E-state index is -0.299. The van der Waals surface area contributed by atoms with E-state index in [4.69, 9.17) is 15.2 Å². The molecule has 172 valence electrons. The number of carbonyl (C=O) groups excluding carboxylic acids is 1. The zero-order chi connectivity index (χ0) is 23.6. The first kappa shape index (κ1) is 25.3. The molecule has 0 aliphatic carbocycles. The Labute approximate surface area is 193 Å². The molecule has 0 fully saturated rings. The number of allylic oxidation sites excluding steroid dienone is 2. The maximum absolute atomic E-state index is 12.8. The van der Waals surface area contributed by atoms with Gasteiger partial charge in [0.25, 0.3) is 0 Å². The van der Waals surface area contributed by atoms with E-state index in [0.29, 0.717) is 24.5 Å². The molecule has 0 radical (unpaired) electrons. The van der Waals surface area contributed by atoms with E-state index in [1.54, 1.807) is 30.3 Å². The molecular weight excluding hydrogens is 398 g/mol. The Hall–Kier alpha value is -3.01. The fourth-order valence-corrected chi connectivity index (χ4v) is 3.19. The van der Waals surface area contributed by atoms with Crippen molar-refractivity contribution in [2.75, 3.05) is 18.9 Å². The van der Waals surface area contributed by atoms with Crippen molar-refractivity contribution in [3.8, 4) is 11.5 Å². The number of benzene rings is 2. The summed E-state index contributed by atoms with van der Waals surface area (Å²) in [6, 6.07) is 10.9. The number of anilines is 1. The number of nitrogen functional groups attached to an aromatic ring is 1. The lowest BCUT2D eigenvalue weighted by atomic mass is 9.83. The van der Waals surface area contributed by atoms with Gasteiger partial charge in [0.1, 0.15) is 11.5 Å². The third-order valence-electron chi connectivity index (χ3n) is 5.46. The molecule has 0 unspecified atom stereocenters. The van der Waals surface area contributed by atoms with Gasteiger partial charge < -0.3 is 15.2 Å². The number of hydrogen-bond donors (Lipinski definition) is 1. The number of ether oxygens (including phenoxy) is 2. The molecule has 32 heavy (non-hydrogen) atoms. The van der Waals surface area contributed by atoms with Crippen molar-refractivity contribution in [1.82, 2.24) is 0 Å². The zero-order valence-electron chi connectivity index (χ0n) is 19.9. The van der Waals surface area contributed by atoms with Crippen molar-refractivity contribution < 1.29 is 14.3 Å². The lowest BCUT2D eigenvalue weighted by Crippen LogP contribution is -2.16. The Morgan fingerprint density at radius 3 is 2.22 bits per heavy atom. The second-order valence-electron chi connectivity index (χ2n) is 8.50. The van der Waals surface area contributed by atoms with E-state index >= 15 is 0 Å². The molecule has 2 rings (SSSR count). The van der Waals surface area contributed by atoms with Gasteiger partial charge in [-0.2, -0.15) is 0 Å². The fourth-order valence-electron chi connectivity index (χ4n) is 3.19. The predicted octanol–water partition coefficient (Wildman–Crippen LogP) is 6.99. The Morgan fingerprint density at radius 2 is 1.62 bits per heavy atom. The van der Waals surface area contributed by atoms with Crippen molar-refractivity contribution in [2.24, 2.45) is 0 Å². The van der Waals surface area contributed by atoms with Crippen LogP contribution >= 0.6 is 0 Å². The molecule has 4 nitrogen and oxygen atoms in total. The molecular formula is C28H37NO3. The zero-order valence-corrected chi connectivity index (χ0v) is 19.9. The third kappa shape index (κ3) is 6.74. The minimum Gasteiger partial charge on any atom is -0.493 e. The highest BCUT2D eigenvalue weighted by Gasteiger charge is 2.25. The van der Waals surface area contributed by atoms with Crippen LogP contribution in [0.25, 0.3) is 6.08 Å². The van der Waals surface area contributed by atoms with Crippen LogP contribution in [0, 0.1) is 0 Å². The number of hydrogen-bond acceptors (Lipinski definition) is 4. The van der Waals surface area contributed by atoms with Crippen molar-refractivity contribution in [1.29, 1.82) is 0 Å². The number of carbonyl (C=O) groups is 1. The van der Waals surface area contributed by atoms with Gasteiger partial charge in [-0.25, -0.2) is 0 Å². The smallest absolute Gasteiger partial charge is 0.185 e. The van der Waals surface area contributed by atoms with Gasteiger partial charge in [-0.15, -0.1) is 6.58 Å². The molecule has 2 aromatic rings. The van der Waals surface area contributed by atoms with Gasteiger partial charge in [-0.3, -0.25) is 4.79 Å². The molecule has 2 aromatic carbocycles. The molecule has 0 atom stereocenters. The van der Waals surface area contributed by atoms with E-state index in [1.807, 2.05) is 24.3 Å². The van der Waals surface area contributed by atoms with Crippen molar-refractivity contribution in [2.45, 2.75) is 58.8 Å². The third-order valence-corrected chi connectivity index (χ3v) is 5.46.